The molecule has 1 unspecified atom stereocenters. The van der Waals surface area contributed by atoms with Crippen molar-refractivity contribution in [2.45, 2.75) is 31.8 Å². The van der Waals surface area contributed by atoms with Crippen molar-refractivity contribution in [3.05, 3.63) is 29.3 Å². The fraction of sp³-hybridized carbons (Fsp3) is 0.500. The number of fused-ring (bicyclic) bond motifs is 1. The molecule has 106 valence electrons. The maximum Gasteiger partial charge on any atom is 0.227 e. The maximum absolute atomic E-state index is 11.8. The van der Waals surface area contributed by atoms with Crippen LogP contribution in [-0.2, 0) is 22.4 Å². The molecule has 0 spiro atoms. The Hall–Kier alpha value is -1.10. The average molecular weight is 285 g/mol. The summed E-state index contributed by atoms with van der Waals surface area (Å²) in [6.07, 6.45) is 3.57. The van der Waals surface area contributed by atoms with Crippen LogP contribution in [-0.4, -0.2) is 25.7 Å². The summed E-state index contributed by atoms with van der Waals surface area (Å²) in [5.41, 5.74) is 9.13. The molecule has 0 aromatic heterocycles. The van der Waals surface area contributed by atoms with Gasteiger partial charge in [0.05, 0.1) is 12.5 Å². The van der Waals surface area contributed by atoms with Gasteiger partial charge in [-0.3, -0.25) is 4.79 Å². The van der Waals surface area contributed by atoms with Crippen LogP contribution < -0.4 is 11.1 Å². The first-order chi connectivity index (χ1) is 8.72. The molecule has 2 rings (SSSR count). The number of hydrogen-bond acceptors (Lipinski definition) is 3. The number of hydrogen-bond donors (Lipinski definition) is 2. The Balaban J connectivity index is 0.00000180. The van der Waals surface area contributed by atoms with Crippen LogP contribution in [0.15, 0.2) is 18.2 Å². The molecular weight excluding hydrogens is 264 g/mol. The number of aryl methyl sites for hydroxylation is 2. The summed E-state index contributed by atoms with van der Waals surface area (Å²) >= 11 is 0. The van der Waals surface area contributed by atoms with E-state index >= 15 is 0 Å². The highest BCUT2D eigenvalue weighted by molar-refractivity contribution is 5.91. The third kappa shape index (κ3) is 4.20. The second kappa shape index (κ2) is 7.48. The second-order valence-electron chi connectivity index (χ2n) is 4.68. The minimum atomic E-state index is -0.209. The van der Waals surface area contributed by atoms with Gasteiger partial charge in [-0.1, -0.05) is 6.07 Å². The molecular formula is C14H21ClN2O2. The van der Waals surface area contributed by atoms with Gasteiger partial charge in [0, 0.05) is 19.3 Å². The number of halogens is 1. The Morgan fingerprint density at radius 3 is 2.84 bits per heavy atom. The Labute approximate surface area is 120 Å². The third-order valence-corrected chi connectivity index (χ3v) is 3.39. The SMILES string of the molecule is COC(CN)CC(=O)Nc1ccc2c(c1)CCC2.Cl. The van der Waals surface area contributed by atoms with Crippen LogP contribution in [0.1, 0.15) is 24.0 Å². The zero-order valence-corrected chi connectivity index (χ0v) is 12.0. The number of ether oxygens (including phenoxy) is 1. The van der Waals surface area contributed by atoms with E-state index in [1.807, 2.05) is 6.07 Å². The van der Waals surface area contributed by atoms with E-state index in [1.54, 1.807) is 7.11 Å². The molecule has 0 saturated carbocycles. The summed E-state index contributed by atoms with van der Waals surface area (Å²) < 4.78 is 5.10. The number of benzene rings is 1. The van der Waals surface area contributed by atoms with Gasteiger partial charge in [0.2, 0.25) is 5.91 Å². The molecule has 5 heteroatoms. The van der Waals surface area contributed by atoms with Gasteiger partial charge >= 0.3 is 0 Å². The molecule has 1 amide bonds. The molecule has 0 fully saturated rings. The van der Waals surface area contributed by atoms with Crippen LogP contribution in [0.25, 0.3) is 0 Å². The first kappa shape index (κ1) is 16.0. The van der Waals surface area contributed by atoms with Crippen molar-refractivity contribution in [1.29, 1.82) is 0 Å². The highest BCUT2D eigenvalue weighted by Gasteiger charge is 2.14. The minimum Gasteiger partial charge on any atom is -0.380 e. The first-order valence-electron chi connectivity index (χ1n) is 6.37. The molecule has 4 nitrogen and oxygen atoms in total. The van der Waals surface area contributed by atoms with Gasteiger partial charge in [-0.2, -0.15) is 0 Å². The van der Waals surface area contributed by atoms with E-state index < -0.39 is 0 Å². The van der Waals surface area contributed by atoms with E-state index in [0.29, 0.717) is 13.0 Å². The largest absolute Gasteiger partial charge is 0.380 e. The lowest BCUT2D eigenvalue weighted by Gasteiger charge is -2.13. The topological polar surface area (TPSA) is 64.3 Å². The lowest BCUT2D eigenvalue weighted by molar-refractivity contribution is -0.118. The van der Waals surface area contributed by atoms with Crippen molar-refractivity contribution < 1.29 is 9.53 Å². The number of nitrogens with two attached hydrogens (primary N) is 1. The summed E-state index contributed by atoms with van der Waals surface area (Å²) in [6, 6.07) is 6.14. The van der Waals surface area contributed by atoms with E-state index in [4.69, 9.17) is 10.5 Å². The van der Waals surface area contributed by atoms with Crippen LogP contribution in [0, 0.1) is 0 Å². The van der Waals surface area contributed by atoms with Gasteiger partial charge in [-0.05, 0) is 42.5 Å². The summed E-state index contributed by atoms with van der Waals surface area (Å²) in [4.78, 5) is 11.8. The smallest absolute Gasteiger partial charge is 0.227 e. The quantitative estimate of drug-likeness (QED) is 0.868. The Morgan fingerprint density at radius 2 is 2.16 bits per heavy atom. The normalized spacial score (nSPS) is 14.4. The fourth-order valence-electron chi connectivity index (χ4n) is 2.33. The van der Waals surface area contributed by atoms with Gasteiger partial charge < -0.3 is 15.8 Å². The van der Waals surface area contributed by atoms with E-state index in [9.17, 15) is 4.79 Å². The van der Waals surface area contributed by atoms with Crippen molar-refractivity contribution in [1.82, 2.24) is 0 Å². The Kier molecular flexibility index (Phi) is 6.28. The lowest BCUT2D eigenvalue weighted by Crippen LogP contribution is -2.28. The van der Waals surface area contributed by atoms with Gasteiger partial charge in [-0.15, -0.1) is 12.4 Å². The molecule has 1 aliphatic rings. The van der Waals surface area contributed by atoms with Crippen molar-refractivity contribution in [3.63, 3.8) is 0 Å². The molecule has 0 saturated heterocycles. The zero-order valence-electron chi connectivity index (χ0n) is 11.1. The van der Waals surface area contributed by atoms with Crippen molar-refractivity contribution >= 4 is 24.0 Å². The van der Waals surface area contributed by atoms with Crippen LogP contribution >= 0.6 is 12.4 Å². The number of carbonyl (C=O) groups excluding carboxylic acids is 1. The molecule has 19 heavy (non-hydrogen) atoms. The highest BCUT2D eigenvalue weighted by Crippen LogP contribution is 2.24. The number of carbonyl (C=O) groups is 1. The van der Waals surface area contributed by atoms with Crippen LogP contribution in [0.4, 0.5) is 5.69 Å². The van der Waals surface area contributed by atoms with E-state index in [2.05, 4.69) is 17.4 Å². The molecule has 1 aliphatic carbocycles. The van der Waals surface area contributed by atoms with Crippen LogP contribution in [0.2, 0.25) is 0 Å². The number of rotatable bonds is 5. The monoisotopic (exact) mass is 284 g/mol. The molecule has 0 bridgehead atoms. The number of nitrogens with one attached hydrogen (secondary N) is 1. The molecule has 0 aliphatic heterocycles. The van der Waals surface area contributed by atoms with Crippen molar-refractivity contribution in [2.75, 3.05) is 19.0 Å². The molecule has 0 radical (unpaired) electrons. The predicted octanol–water partition coefficient (Wildman–Crippen LogP) is 1.90. The first-order valence-corrected chi connectivity index (χ1v) is 6.37. The third-order valence-electron chi connectivity index (χ3n) is 3.39. The van der Waals surface area contributed by atoms with Crippen LogP contribution in [0.5, 0.6) is 0 Å². The van der Waals surface area contributed by atoms with Gasteiger partial charge in [-0.25, -0.2) is 0 Å². The Bertz CT molecular complexity index is 433. The van der Waals surface area contributed by atoms with E-state index in [1.165, 1.54) is 17.5 Å². The fourth-order valence-corrected chi connectivity index (χ4v) is 2.33. The molecule has 1 aromatic carbocycles. The van der Waals surface area contributed by atoms with E-state index in [-0.39, 0.29) is 24.4 Å². The number of methoxy groups -OCH3 is 1. The standard InChI is InChI=1S/C14H20N2O2.ClH/c1-18-13(9-15)8-14(17)16-12-6-5-10-3-2-4-11(10)7-12;/h5-7,13H,2-4,8-9,15H2,1H3,(H,16,17);1H. The molecule has 3 N–H and O–H groups in total. The minimum absolute atomic E-state index is 0. The van der Waals surface area contributed by atoms with Crippen molar-refractivity contribution in [3.8, 4) is 0 Å². The Morgan fingerprint density at radius 1 is 1.42 bits per heavy atom. The van der Waals surface area contributed by atoms with Crippen molar-refractivity contribution in [2.24, 2.45) is 5.73 Å². The number of amides is 1. The summed E-state index contributed by atoms with van der Waals surface area (Å²) in [5, 5.41) is 2.90. The summed E-state index contributed by atoms with van der Waals surface area (Å²) in [7, 11) is 1.57. The lowest BCUT2D eigenvalue weighted by atomic mass is 10.1. The zero-order chi connectivity index (χ0) is 13.0. The highest BCUT2D eigenvalue weighted by atomic mass is 35.5. The van der Waals surface area contributed by atoms with Gasteiger partial charge in [0.15, 0.2) is 0 Å². The van der Waals surface area contributed by atoms with E-state index in [0.717, 1.165) is 18.5 Å². The maximum atomic E-state index is 11.8. The van der Waals surface area contributed by atoms with Gasteiger partial charge in [0.25, 0.3) is 0 Å². The van der Waals surface area contributed by atoms with Crippen LogP contribution in [0.3, 0.4) is 0 Å². The molecule has 1 atom stereocenters. The summed E-state index contributed by atoms with van der Waals surface area (Å²) in [5.74, 6) is -0.0507. The molecule has 0 heterocycles. The summed E-state index contributed by atoms with van der Waals surface area (Å²) in [6.45, 7) is 0.355. The molecule has 1 aromatic rings. The number of anilines is 1. The average Bonchev–Trinajstić information content (AvgIpc) is 2.83. The second-order valence-corrected chi connectivity index (χ2v) is 4.68. The predicted molar refractivity (Wildman–Crippen MR) is 78.8 cm³/mol. The van der Waals surface area contributed by atoms with Gasteiger partial charge in [0.1, 0.15) is 0 Å².